The number of nitrogens with zero attached hydrogens (tertiary/aromatic N) is 2. The van der Waals surface area contributed by atoms with Crippen molar-refractivity contribution in [3.05, 3.63) is 56.7 Å². The molecule has 1 amide bonds. The molecule has 2 rings (SSSR count). The van der Waals surface area contributed by atoms with Crippen molar-refractivity contribution < 1.29 is 14.6 Å². The predicted octanol–water partition coefficient (Wildman–Crippen LogP) is 4.08. The maximum absolute atomic E-state index is 12.7. The number of halogens is 3. The summed E-state index contributed by atoms with van der Waals surface area (Å²) in [6.07, 6.45) is 1.40. The third-order valence-electron chi connectivity index (χ3n) is 3.35. The first-order valence-electron chi connectivity index (χ1n) is 7.58. The summed E-state index contributed by atoms with van der Waals surface area (Å²) in [6, 6.07) is 6.62. The van der Waals surface area contributed by atoms with Gasteiger partial charge in [-0.3, -0.25) is 4.79 Å². The van der Waals surface area contributed by atoms with Crippen molar-refractivity contribution >= 4 is 40.7 Å². The predicted molar refractivity (Wildman–Crippen MR) is 98.7 cm³/mol. The molecule has 0 aliphatic rings. The molecule has 2 aromatic rings. The first kappa shape index (κ1) is 19.8. The van der Waals surface area contributed by atoms with E-state index in [9.17, 15) is 9.90 Å². The van der Waals surface area contributed by atoms with Crippen LogP contribution in [0, 0.1) is 0 Å². The number of hydrogen-bond donors (Lipinski definition) is 1. The van der Waals surface area contributed by atoms with Crippen LogP contribution in [0.15, 0.2) is 30.5 Å². The minimum Gasteiger partial charge on any atom is -0.477 e. The van der Waals surface area contributed by atoms with E-state index in [4.69, 9.17) is 39.5 Å². The lowest BCUT2D eigenvalue weighted by molar-refractivity contribution is 0.0707. The van der Waals surface area contributed by atoms with Gasteiger partial charge in [-0.2, -0.15) is 0 Å². The Kier molecular flexibility index (Phi) is 7.32. The van der Waals surface area contributed by atoms with Crippen molar-refractivity contribution in [1.29, 1.82) is 0 Å². The number of benzene rings is 1. The molecule has 0 saturated carbocycles. The molecule has 1 heterocycles. The third-order valence-corrected chi connectivity index (χ3v) is 4.36. The lowest BCUT2D eigenvalue weighted by Gasteiger charge is -2.22. The first-order valence-corrected chi connectivity index (χ1v) is 8.72. The van der Waals surface area contributed by atoms with E-state index in [1.165, 1.54) is 17.2 Å². The summed E-state index contributed by atoms with van der Waals surface area (Å²) in [6.45, 7) is 2.49. The Labute approximate surface area is 161 Å². The van der Waals surface area contributed by atoms with E-state index in [1.54, 1.807) is 18.2 Å². The summed E-state index contributed by atoms with van der Waals surface area (Å²) < 4.78 is 5.26. The molecule has 0 bridgehead atoms. The third kappa shape index (κ3) is 5.22. The second-order valence-corrected chi connectivity index (χ2v) is 6.36. The van der Waals surface area contributed by atoms with Crippen LogP contribution in [-0.2, 0) is 6.54 Å². The van der Waals surface area contributed by atoms with Crippen LogP contribution in [0.1, 0.15) is 22.8 Å². The number of carbonyl (C=O) groups excluding carboxylic acids is 1. The van der Waals surface area contributed by atoms with Crippen molar-refractivity contribution in [2.45, 2.75) is 13.5 Å². The van der Waals surface area contributed by atoms with Crippen LogP contribution in [0.4, 0.5) is 0 Å². The van der Waals surface area contributed by atoms with Gasteiger partial charge < -0.3 is 14.7 Å². The SMILES string of the molecule is CCOc1ncc(C(=O)N(CCO)Cc2ccc(Cl)c(Cl)c2)cc1Cl. The molecule has 0 radical (unpaired) electrons. The Morgan fingerprint density at radius 2 is 1.96 bits per heavy atom. The van der Waals surface area contributed by atoms with Crippen LogP contribution >= 0.6 is 34.8 Å². The van der Waals surface area contributed by atoms with E-state index in [0.29, 0.717) is 22.2 Å². The van der Waals surface area contributed by atoms with E-state index in [1.807, 2.05) is 6.92 Å². The summed E-state index contributed by atoms with van der Waals surface area (Å²) in [5.74, 6) is -0.0310. The zero-order valence-corrected chi connectivity index (χ0v) is 15.8. The molecular weight excluding hydrogens is 387 g/mol. The first-order chi connectivity index (χ1) is 12.0. The monoisotopic (exact) mass is 402 g/mol. The number of ether oxygens (including phenoxy) is 1. The number of aromatic nitrogens is 1. The summed E-state index contributed by atoms with van der Waals surface area (Å²) in [5, 5.41) is 10.4. The highest BCUT2D eigenvalue weighted by atomic mass is 35.5. The van der Waals surface area contributed by atoms with E-state index in [0.717, 1.165) is 5.56 Å². The highest BCUT2D eigenvalue weighted by Crippen LogP contribution is 2.25. The minimum absolute atomic E-state index is 0.157. The molecule has 1 aromatic carbocycles. The van der Waals surface area contributed by atoms with Gasteiger partial charge in [-0.15, -0.1) is 0 Å². The largest absolute Gasteiger partial charge is 0.477 e. The molecule has 1 N–H and O–H groups in total. The van der Waals surface area contributed by atoms with Crippen LogP contribution in [-0.4, -0.2) is 40.7 Å². The molecule has 0 aliphatic heterocycles. The molecule has 0 saturated heterocycles. The lowest BCUT2D eigenvalue weighted by atomic mass is 10.2. The van der Waals surface area contributed by atoms with Crippen LogP contribution in [0.5, 0.6) is 5.88 Å². The van der Waals surface area contributed by atoms with Crippen LogP contribution in [0.2, 0.25) is 15.1 Å². The zero-order valence-electron chi connectivity index (χ0n) is 13.5. The second kappa shape index (κ2) is 9.25. The van der Waals surface area contributed by atoms with Crippen molar-refractivity contribution in [3.63, 3.8) is 0 Å². The highest BCUT2D eigenvalue weighted by Gasteiger charge is 2.18. The average Bonchev–Trinajstić information content (AvgIpc) is 2.59. The Morgan fingerprint density at radius 3 is 2.56 bits per heavy atom. The number of aliphatic hydroxyl groups excluding tert-OH is 1. The summed E-state index contributed by atoms with van der Waals surface area (Å²) >= 11 is 18.0. The van der Waals surface area contributed by atoms with E-state index in [2.05, 4.69) is 4.98 Å². The van der Waals surface area contributed by atoms with Crippen LogP contribution < -0.4 is 4.74 Å². The normalized spacial score (nSPS) is 10.6. The number of pyridine rings is 1. The molecule has 1 aromatic heterocycles. The zero-order chi connectivity index (χ0) is 18.4. The van der Waals surface area contributed by atoms with Gasteiger partial charge in [0.05, 0.1) is 28.8 Å². The Hall–Kier alpha value is -1.53. The molecule has 0 atom stereocenters. The van der Waals surface area contributed by atoms with Gasteiger partial charge in [0.25, 0.3) is 5.91 Å². The van der Waals surface area contributed by atoms with Crippen molar-refractivity contribution in [3.8, 4) is 5.88 Å². The standard InChI is InChI=1S/C17H17Cl3N2O3/c1-2-25-16-15(20)8-12(9-21-16)17(24)22(5-6-23)10-11-3-4-13(18)14(19)7-11/h3-4,7-9,23H,2,5-6,10H2,1H3. The molecule has 5 nitrogen and oxygen atoms in total. The van der Waals surface area contributed by atoms with Gasteiger partial charge in [-0.25, -0.2) is 4.98 Å². The fourth-order valence-corrected chi connectivity index (χ4v) is 2.74. The quantitative estimate of drug-likeness (QED) is 0.757. The molecule has 25 heavy (non-hydrogen) atoms. The van der Waals surface area contributed by atoms with Gasteiger partial charge in [-0.05, 0) is 30.7 Å². The van der Waals surface area contributed by atoms with Crippen molar-refractivity contribution in [2.75, 3.05) is 19.8 Å². The molecule has 0 fully saturated rings. The number of rotatable bonds is 7. The molecular formula is C17H17Cl3N2O3. The average molecular weight is 404 g/mol. The minimum atomic E-state index is -0.308. The lowest BCUT2D eigenvalue weighted by Crippen LogP contribution is -2.33. The van der Waals surface area contributed by atoms with Gasteiger partial charge in [0.2, 0.25) is 5.88 Å². The van der Waals surface area contributed by atoms with Gasteiger partial charge in [-0.1, -0.05) is 40.9 Å². The Bertz CT molecular complexity index is 756. The summed E-state index contributed by atoms with van der Waals surface area (Å²) in [4.78, 5) is 18.3. The molecule has 0 aliphatic carbocycles. The summed E-state index contributed by atoms with van der Waals surface area (Å²) in [5.41, 5.74) is 1.10. The number of hydrogen-bond acceptors (Lipinski definition) is 4. The second-order valence-electron chi connectivity index (χ2n) is 5.14. The topological polar surface area (TPSA) is 62.7 Å². The van der Waals surface area contributed by atoms with Crippen molar-refractivity contribution in [1.82, 2.24) is 9.88 Å². The van der Waals surface area contributed by atoms with Crippen LogP contribution in [0.25, 0.3) is 0 Å². The maximum atomic E-state index is 12.7. The molecule has 134 valence electrons. The van der Waals surface area contributed by atoms with Crippen LogP contribution in [0.3, 0.4) is 0 Å². The van der Waals surface area contributed by atoms with E-state index in [-0.39, 0.29) is 36.5 Å². The van der Waals surface area contributed by atoms with Gasteiger partial charge in [0.1, 0.15) is 5.02 Å². The maximum Gasteiger partial charge on any atom is 0.255 e. The molecule has 0 spiro atoms. The Balaban J connectivity index is 2.22. The van der Waals surface area contributed by atoms with E-state index >= 15 is 0 Å². The molecule has 8 heteroatoms. The smallest absolute Gasteiger partial charge is 0.255 e. The highest BCUT2D eigenvalue weighted by molar-refractivity contribution is 6.42. The fourth-order valence-electron chi connectivity index (χ4n) is 2.20. The van der Waals surface area contributed by atoms with Gasteiger partial charge >= 0.3 is 0 Å². The van der Waals surface area contributed by atoms with Gasteiger partial charge in [0, 0.05) is 19.3 Å². The number of aliphatic hydroxyl groups is 1. The fraction of sp³-hybridized carbons (Fsp3) is 0.294. The van der Waals surface area contributed by atoms with Crippen molar-refractivity contribution in [2.24, 2.45) is 0 Å². The number of carbonyl (C=O) groups is 1. The Morgan fingerprint density at radius 1 is 1.20 bits per heavy atom. The number of amides is 1. The van der Waals surface area contributed by atoms with E-state index < -0.39 is 0 Å². The molecule has 0 unspecified atom stereocenters. The van der Waals surface area contributed by atoms with Gasteiger partial charge in [0.15, 0.2) is 0 Å². The summed E-state index contributed by atoms with van der Waals surface area (Å²) in [7, 11) is 0.